The van der Waals surface area contributed by atoms with E-state index < -0.39 is 0 Å². The molecule has 0 aromatic heterocycles. The maximum atomic E-state index is 11.9. The number of carbonyl (C=O) groups excluding carboxylic acids is 1. The first-order valence-corrected chi connectivity index (χ1v) is 10.8. The molecule has 0 aromatic carbocycles. The Balaban J connectivity index is 3.51. The minimum atomic E-state index is -0.0959. The zero-order valence-corrected chi connectivity index (χ0v) is 18.1. The number of esters is 1. The number of carbonyl (C=O) groups is 1. The van der Waals surface area contributed by atoms with E-state index in [1.807, 2.05) is 13.2 Å². The van der Waals surface area contributed by atoms with Gasteiger partial charge >= 0.3 is 5.97 Å². The van der Waals surface area contributed by atoms with Gasteiger partial charge < -0.3 is 18.9 Å². The fourth-order valence-electron chi connectivity index (χ4n) is 2.59. The van der Waals surface area contributed by atoms with Gasteiger partial charge in [-0.1, -0.05) is 47.0 Å². The van der Waals surface area contributed by atoms with Gasteiger partial charge in [-0.05, 0) is 37.7 Å². The molecule has 0 aliphatic carbocycles. The van der Waals surface area contributed by atoms with Crippen LogP contribution in [-0.4, -0.2) is 45.6 Å². The number of ether oxygens (including phenoxy) is 4. The minimum absolute atomic E-state index is 0.0255. The van der Waals surface area contributed by atoms with Crippen molar-refractivity contribution in [1.29, 1.82) is 0 Å². The molecule has 1 unspecified atom stereocenters. The van der Waals surface area contributed by atoms with Crippen LogP contribution in [0.2, 0.25) is 0 Å². The summed E-state index contributed by atoms with van der Waals surface area (Å²) in [4.78, 5) is 11.9. The van der Waals surface area contributed by atoms with Crippen LogP contribution in [0, 0.1) is 5.92 Å². The molecule has 0 saturated heterocycles. The molecule has 1 atom stereocenters. The SMILES string of the molecule is CCCCC(=COCCOCCOCCOC(=O)C(CC)CCCC)CC. The molecule has 0 heterocycles. The highest BCUT2D eigenvalue weighted by Crippen LogP contribution is 2.14. The van der Waals surface area contributed by atoms with Crippen molar-refractivity contribution in [2.45, 2.75) is 79.1 Å². The van der Waals surface area contributed by atoms with E-state index in [9.17, 15) is 4.79 Å². The van der Waals surface area contributed by atoms with Gasteiger partial charge in [0.2, 0.25) is 0 Å². The number of unbranched alkanes of at least 4 members (excludes halogenated alkanes) is 2. The molecule has 0 spiro atoms. The first-order valence-electron chi connectivity index (χ1n) is 10.8. The summed E-state index contributed by atoms with van der Waals surface area (Å²) in [7, 11) is 0. The molecule has 0 amide bonds. The van der Waals surface area contributed by atoms with E-state index in [0.717, 1.165) is 38.5 Å². The van der Waals surface area contributed by atoms with Gasteiger partial charge in [-0.3, -0.25) is 4.79 Å². The zero-order chi connectivity index (χ0) is 20.2. The fraction of sp³-hybridized carbons (Fsp3) is 0.864. The smallest absolute Gasteiger partial charge is 0.308 e. The Morgan fingerprint density at radius 2 is 1.48 bits per heavy atom. The third-order valence-corrected chi connectivity index (χ3v) is 4.48. The molecule has 5 nitrogen and oxygen atoms in total. The summed E-state index contributed by atoms with van der Waals surface area (Å²) >= 11 is 0. The second-order valence-electron chi connectivity index (χ2n) is 6.74. The van der Waals surface area contributed by atoms with Crippen LogP contribution < -0.4 is 0 Å². The average molecular weight is 387 g/mol. The van der Waals surface area contributed by atoms with Crippen LogP contribution in [0.25, 0.3) is 0 Å². The van der Waals surface area contributed by atoms with Gasteiger partial charge in [-0.2, -0.15) is 0 Å². The van der Waals surface area contributed by atoms with E-state index in [0.29, 0.717) is 39.6 Å². The summed E-state index contributed by atoms with van der Waals surface area (Å²) in [5.41, 5.74) is 1.36. The van der Waals surface area contributed by atoms with Crippen LogP contribution in [0.1, 0.15) is 79.1 Å². The number of hydrogen-bond acceptors (Lipinski definition) is 5. The maximum absolute atomic E-state index is 11.9. The molecule has 0 aliphatic rings. The molecule has 0 radical (unpaired) electrons. The third-order valence-electron chi connectivity index (χ3n) is 4.48. The second kappa shape index (κ2) is 19.7. The Hall–Kier alpha value is -1.07. The average Bonchev–Trinajstić information content (AvgIpc) is 2.68. The monoisotopic (exact) mass is 386 g/mol. The van der Waals surface area contributed by atoms with Crippen molar-refractivity contribution in [1.82, 2.24) is 0 Å². The molecular formula is C22H42O5. The Morgan fingerprint density at radius 3 is 2.07 bits per heavy atom. The predicted octanol–water partition coefficient (Wildman–Crippen LogP) is 5.28. The van der Waals surface area contributed by atoms with E-state index in [2.05, 4.69) is 20.8 Å². The van der Waals surface area contributed by atoms with Gasteiger partial charge in [0.05, 0.1) is 38.6 Å². The van der Waals surface area contributed by atoms with E-state index in [4.69, 9.17) is 18.9 Å². The molecule has 27 heavy (non-hydrogen) atoms. The molecule has 0 aromatic rings. The molecule has 0 N–H and O–H groups in total. The highest BCUT2D eigenvalue weighted by Gasteiger charge is 2.16. The third kappa shape index (κ3) is 15.7. The first-order chi connectivity index (χ1) is 13.2. The second-order valence-corrected chi connectivity index (χ2v) is 6.74. The van der Waals surface area contributed by atoms with Crippen LogP contribution in [0.15, 0.2) is 11.8 Å². The van der Waals surface area contributed by atoms with Crippen LogP contribution in [0.5, 0.6) is 0 Å². The van der Waals surface area contributed by atoms with Gasteiger partial charge in [0.25, 0.3) is 0 Å². The quantitative estimate of drug-likeness (QED) is 0.172. The number of hydrogen-bond donors (Lipinski definition) is 0. The van der Waals surface area contributed by atoms with Crippen LogP contribution in [0.4, 0.5) is 0 Å². The molecule has 0 saturated carbocycles. The van der Waals surface area contributed by atoms with E-state index >= 15 is 0 Å². The van der Waals surface area contributed by atoms with Crippen LogP contribution in [0.3, 0.4) is 0 Å². The van der Waals surface area contributed by atoms with Crippen molar-refractivity contribution < 1.29 is 23.7 Å². The molecule has 0 aliphatic heterocycles. The summed E-state index contributed by atoms with van der Waals surface area (Å²) in [6, 6.07) is 0. The van der Waals surface area contributed by atoms with Gasteiger partial charge in [-0.25, -0.2) is 0 Å². The van der Waals surface area contributed by atoms with Crippen molar-refractivity contribution in [3.8, 4) is 0 Å². The van der Waals surface area contributed by atoms with Crippen molar-refractivity contribution in [3.63, 3.8) is 0 Å². The van der Waals surface area contributed by atoms with Gasteiger partial charge in [-0.15, -0.1) is 0 Å². The maximum Gasteiger partial charge on any atom is 0.308 e. The van der Waals surface area contributed by atoms with Crippen molar-refractivity contribution in [2.75, 3.05) is 39.6 Å². The van der Waals surface area contributed by atoms with Gasteiger partial charge in [0.15, 0.2) is 0 Å². The standard InChI is InChI=1S/C22H42O5/c1-5-9-11-20(7-3)19-26-16-15-24-13-14-25-17-18-27-22(23)21(8-4)12-10-6-2/h19,21H,5-18H2,1-4H3. The summed E-state index contributed by atoms with van der Waals surface area (Å²) < 4.78 is 21.7. The highest BCUT2D eigenvalue weighted by molar-refractivity contribution is 5.72. The highest BCUT2D eigenvalue weighted by atomic mass is 16.6. The van der Waals surface area contributed by atoms with E-state index in [1.54, 1.807) is 0 Å². The van der Waals surface area contributed by atoms with Crippen LogP contribution in [-0.2, 0) is 23.7 Å². The van der Waals surface area contributed by atoms with Gasteiger partial charge in [0, 0.05) is 0 Å². The minimum Gasteiger partial charge on any atom is -0.499 e. The van der Waals surface area contributed by atoms with Crippen molar-refractivity contribution in [2.24, 2.45) is 5.92 Å². The molecule has 0 fully saturated rings. The first kappa shape index (κ1) is 25.9. The molecule has 160 valence electrons. The topological polar surface area (TPSA) is 54.0 Å². The predicted molar refractivity (Wildman–Crippen MR) is 110 cm³/mol. The lowest BCUT2D eigenvalue weighted by atomic mass is 10.00. The lowest BCUT2D eigenvalue weighted by molar-refractivity contribution is -0.150. The Labute approximate surface area is 166 Å². The summed E-state index contributed by atoms with van der Waals surface area (Å²) in [6.45, 7) is 11.4. The zero-order valence-electron chi connectivity index (χ0n) is 18.1. The van der Waals surface area contributed by atoms with E-state index in [1.165, 1.54) is 18.4 Å². The van der Waals surface area contributed by atoms with Gasteiger partial charge in [0.1, 0.15) is 13.2 Å². The largest absolute Gasteiger partial charge is 0.499 e. The number of rotatable bonds is 19. The van der Waals surface area contributed by atoms with Crippen molar-refractivity contribution in [3.05, 3.63) is 11.8 Å². The van der Waals surface area contributed by atoms with E-state index in [-0.39, 0.29) is 11.9 Å². The summed E-state index contributed by atoms with van der Waals surface area (Å²) in [6.07, 6.45) is 10.4. The Bertz CT molecular complexity index is 368. The van der Waals surface area contributed by atoms with Crippen LogP contribution >= 0.6 is 0 Å². The normalized spacial score (nSPS) is 12.8. The van der Waals surface area contributed by atoms with Crippen molar-refractivity contribution >= 4 is 5.97 Å². The lowest BCUT2D eigenvalue weighted by Gasteiger charge is -2.13. The summed E-state index contributed by atoms with van der Waals surface area (Å²) in [5, 5.41) is 0. The number of allylic oxidation sites excluding steroid dienone is 1. The lowest BCUT2D eigenvalue weighted by Crippen LogP contribution is -2.20. The molecule has 0 rings (SSSR count). The molecule has 0 bridgehead atoms. The molecular weight excluding hydrogens is 344 g/mol. The Kier molecular flexibility index (Phi) is 18.9. The Morgan fingerprint density at radius 1 is 0.852 bits per heavy atom. The fourth-order valence-corrected chi connectivity index (χ4v) is 2.59. The molecule has 5 heteroatoms. The summed E-state index contributed by atoms with van der Waals surface area (Å²) in [5.74, 6) is -0.0704.